The van der Waals surface area contributed by atoms with E-state index in [1.807, 2.05) is 19.9 Å². The third kappa shape index (κ3) is 4.14. The Morgan fingerprint density at radius 3 is 2.39 bits per heavy atom. The molecule has 1 aromatic rings. The molecule has 1 saturated heterocycles. The monoisotopic (exact) mass is 315 g/mol. The molecular formula is C16H17N3O4. The third-order valence-corrected chi connectivity index (χ3v) is 3.47. The molecule has 1 heterocycles. The van der Waals surface area contributed by atoms with Gasteiger partial charge in [0.1, 0.15) is 11.6 Å². The molecule has 7 heteroatoms. The highest BCUT2D eigenvalue weighted by molar-refractivity contribution is 6.01. The van der Waals surface area contributed by atoms with E-state index in [0.717, 1.165) is 0 Å². The van der Waals surface area contributed by atoms with Gasteiger partial charge in [0, 0.05) is 25.2 Å². The summed E-state index contributed by atoms with van der Waals surface area (Å²) in [7, 11) is 0. The van der Waals surface area contributed by atoms with Crippen molar-refractivity contribution < 1.29 is 14.5 Å². The molecule has 0 aliphatic carbocycles. The number of ether oxygens (including phenoxy) is 1. The molecule has 0 saturated carbocycles. The number of hydrogen-bond donors (Lipinski definition) is 0. The van der Waals surface area contributed by atoms with Gasteiger partial charge in [0.25, 0.3) is 11.6 Å². The van der Waals surface area contributed by atoms with Crippen molar-refractivity contribution in [2.75, 3.05) is 13.1 Å². The predicted octanol–water partition coefficient (Wildman–Crippen LogP) is 2.14. The summed E-state index contributed by atoms with van der Waals surface area (Å²) in [6.45, 7) is 4.62. The number of rotatable bonds is 3. The molecule has 7 nitrogen and oxygen atoms in total. The largest absolute Gasteiger partial charge is 0.372 e. The summed E-state index contributed by atoms with van der Waals surface area (Å²) in [5, 5.41) is 19.9. The Morgan fingerprint density at radius 1 is 1.35 bits per heavy atom. The van der Waals surface area contributed by atoms with E-state index in [2.05, 4.69) is 0 Å². The molecule has 1 fully saturated rings. The minimum atomic E-state index is -0.500. The lowest BCUT2D eigenvalue weighted by Crippen LogP contribution is -2.48. The van der Waals surface area contributed by atoms with Crippen molar-refractivity contribution in [1.29, 1.82) is 5.26 Å². The second kappa shape index (κ2) is 7.03. The molecule has 120 valence electrons. The van der Waals surface area contributed by atoms with Gasteiger partial charge < -0.3 is 9.64 Å². The van der Waals surface area contributed by atoms with Gasteiger partial charge in [-0.05, 0) is 37.6 Å². The van der Waals surface area contributed by atoms with Crippen LogP contribution >= 0.6 is 0 Å². The smallest absolute Gasteiger partial charge is 0.269 e. The fourth-order valence-electron chi connectivity index (χ4n) is 2.51. The van der Waals surface area contributed by atoms with Crippen LogP contribution in [0.5, 0.6) is 0 Å². The van der Waals surface area contributed by atoms with Gasteiger partial charge in [-0.3, -0.25) is 14.9 Å². The lowest BCUT2D eigenvalue weighted by molar-refractivity contribution is -0.384. The number of nitriles is 1. The first-order valence-electron chi connectivity index (χ1n) is 7.21. The lowest BCUT2D eigenvalue weighted by atomic mass is 10.1. The maximum atomic E-state index is 12.5. The first-order chi connectivity index (χ1) is 10.9. The van der Waals surface area contributed by atoms with E-state index in [0.29, 0.717) is 18.7 Å². The zero-order valence-electron chi connectivity index (χ0n) is 12.9. The Morgan fingerprint density at radius 2 is 1.91 bits per heavy atom. The van der Waals surface area contributed by atoms with Crippen LogP contribution in [-0.4, -0.2) is 41.0 Å². The second-order valence-electron chi connectivity index (χ2n) is 5.49. The lowest BCUT2D eigenvalue weighted by Gasteiger charge is -2.35. The van der Waals surface area contributed by atoms with Crippen LogP contribution in [0, 0.1) is 21.4 Å². The predicted molar refractivity (Wildman–Crippen MR) is 83.3 cm³/mol. The summed E-state index contributed by atoms with van der Waals surface area (Å²) >= 11 is 0. The minimum Gasteiger partial charge on any atom is -0.372 e. The highest BCUT2D eigenvalue weighted by Crippen LogP contribution is 2.17. The quantitative estimate of drug-likeness (QED) is 0.368. The molecule has 1 amide bonds. The molecule has 0 aromatic heterocycles. The average Bonchev–Trinajstić information content (AvgIpc) is 2.51. The zero-order chi connectivity index (χ0) is 17.0. The second-order valence-corrected chi connectivity index (χ2v) is 5.49. The Bertz CT molecular complexity index is 666. The molecule has 0 unspecified atom stereocenters. The number of hydrogen-bond acceptors (Lipinski definition) is 5. The summed E-state index contributed by atoms with van der Waals surface area (Å²) in [6, 6.07) is 7.60. The van der Waals surface area contributed by atoms with Crippen molar-refractivity contribution in [3.05, 3.63) is 45.5 Å². The van der Waals surface area contributed by atoms with E-state index >= 15 is 0 Å². The van der Waals surface area contributed by atoms with E-state index in [1.165, 1.54) is 30.3 Å². The molecule has 1 aromatic carbocycles. The topological polar surface area (TPSA) is 96.5 Å². The van der Waals surface area contributed by atoms with Crippen molar-refractivity contribution in [2.45, 2.75) is 26.1 Å². The molecular weight excluding hydrogens is 298 g/mol. The van der Waals surface area contributed by atoms with Crippen molar-refractivity contribution in [3.8, 4) is 6.07 Å². The maximum Gasteiger partial charge on any atom is 0.269 e. The van der Waals surface area contributed by atoms with E-state index in [1.54, 1.807) is 4.90 Å². The number of carbonyl (C=O) groups is 1. The summed E-state index contributed by atoms with van der Waals surface area (Å²) in [5.74, 6) is -0.354. The van der Waals surface area contributed by atoms with E-state index < -0.39 is 4.92 Å². The molecule has 0 bridgehead atoms. The number of nitro groups is 1. The molecule has 23 heavy (non-hydrogen) atoms. The first-order valence-corrected chi connectivity index (χ1v) is 7.21. The van der Waals surface area contributed by atoms with Gasteiger partial charge in [-0.2, -0.15) is 5.26 Å². The van der Waals surface area contributed by atoms with Crippen LogP contribution < -0.4 is 0 Å². The summed E-state index contributed by atoms with van der Waals surface area (Å²) < 4.78 is 5.57. The van der Waals surface area contributed by atoms with Crippen molar-refractivity contribution >= 4 is 17.7 Å². The van der Waals surface area contributed by atoms with Gasteiger partial charge in [-0.1, -0.05) is 0 Å². The summed E-state index contributed by atoms with van der Waals surface area (Å²) in [4.78, 5) is 24.2. The van der Waals surface area contributed by atoms with Crippen LogP contribution in [0.4, 0.5) is 5.69 Å². The van der Waals surface area contributed by atoms with Gasteiger partial charge in [-0.15, -0.1) is 0 Å². The average molecular weight is 315 g/mol. The molecule has 2 atom stereocenters. The van der Waals surface area contributed by atoms with Gasteiger partial charge in [0.05, 0.1) is 17.1 Å². The normalized spacial score (nSPS) is 21.6. The number of nitrogens with zero attached hydrogens (tertiary/aromatic N) is 3. The number of amides is 1. The Labute approximate surface area is 133 Å². The van der Waals surface area contributed by atoms with Gasteiger partial charge in [0.2, 0.25) is 0 Å². The van der Waals surface area contributed by atoms with Crippen LogP contribution in [-0.2, 0) is 9.53 Å². The molecule has 0 radical (unpaired) electrons. The van der Waals surface area contributed by atoms with Gasteiger partial charge in [0.15, 0.2) is 0 Å². The van der Waals surface area contributed by atoms with Crippen molar-refractivity contribution in [2.24, 2.45) is 0 Å². The summed E-state index contributed by atoms with van der Waals surface area (Å²) in [5.41, 5.74) is 0.526. The van der Waals surface area contributed by atoms with Crippen LogP contribution in [0.25, 0.3) is 6.08 Å². The first kappa shape index (κ1) is 16.6. The fourth-order valence-corrected chi connectivity index (χ4v) is 2.51. The summed E-state index contributed by atoms with van der Waals surface area (Å²) in [6.07, 6.45) is 1.28. The van der Waals surface area contributed by atoms with Crippen LogP contribution in [0.1, 0.15) is 19.4 Å². The third-order valence-electron chi connectivity index (χ3n) is 3.47. The van der Waals surface area contributed by atoms with Crippen molar-refractivity contribution in [3.63, 3.8) is 0 Å². The van der Waals surface area contributed by atoms with E-state index in [4.69, 9.17) is 4.74 Å². The molecule has 1 aliphatic rings. The zero-order valence-corrected chi connectivity index (χ0v) is 12.9. The van der Waals surface area contributed by atoms with Gasteiger partial charge >= 0.3 is 0 Å². The number of carbonyl (C=O) groups excluding carboxylic acids is 1. The number of morpholine rings is 1. The molecule has 2 rings (SSSR count). The Balaban J connectivity index is 2.19. The highest BCUT2D eigenvalue weighted by Gasteiger charge is 2.27. The highest BCUT2D eigenvalue weighted by atomic mass is 16.6. The van der Waals surface area contributed by atoms with Crippen LogP contribution in [0.15, 0.2) is 29.8 Å². The molecule has 0 N–H and O–H groups in total. The molecule has 1 aliphatic heterocycles. The number of non-ortho nitro benzene ring substituents is 1. The Kier molecular flexibility index (Phi) is 5.09. The standard InChI is InChI=1S/C16H17N3O4/c1-11-9-18(10-12(2)23-11)16(20)14(8-17)7-13-3-5-15(6-4-13)19(21)22/h3-7,11-12H,9-10H2,1-2H3/b14-7+/t11-,12-/m0/s1. The molecule has 0 spiro atoms. The number of nitro benzene ring substituents is 1. The SMILES string of the molecule is C[C@H]1CN(C(=O)/C(C#N)=C/c2ccc([N+](=O)[O-])cc2)C[C@H](C)O1. The fraction of sp³-hybridized carbons (Fsp3) is 0.375. The Hall–Kier alpha value is -2.72. The maximum absolute atomic E-state index is 12.5. The van der Waals surface area contributed by atoms with Crippen LogP contribution in [0.3, 0.4) is 0 Å². The minimum absolute atomic E-state index is 0.000142. The number of benzene rings is 1. The van der Waals surface area contributed by atoms with Crippen LogP contribution in [0.2, 0.25) is 0 Å². The van der Waals surface area contributed by atoms with Crippen molar-refractivity contribution in [1.82, 2.24) is 4.90 Å². The van der Waals surface area contributed by atoms with E-state index in [9.17, 15) is 20.2 Å². The van der Waals surface area contributed by atoms with E-state index in [-0.39, 0.29) is 29.4 Å². The van der Waals surface area contributed by atoms with Gasteiger partial charge in [-0.25, -0.2) is 0 Å².